The molecule has 2 N–H and O–H groups in total. The van der Waals surface area contributed by atoms with Gasteiger partial charge in [0.05, 0.1) is 6.33 Å². The molecule has 0 bridgehead atoms. The number of imidazole rings is 1. The molecule has 21 heavy (non-hydrogen) atoms. The van der Waals surface area contributed by atoms with Gasteiger partial charge in [0.25, 0.3) is 0 Å². The van der Waals surface area contributed by atoms with Crippen molar-refractivity contribution < 1.29 is 8.42 Å². The zero-order valence-electron chi connectivity index (χ0n) is 11.9. The van der Waals surface area contributed by atoms with Gasteiger partial charge in [-0.3, -0.25) is 0 Å². The standard InChI is InChI=1S/C13H19N5O2S/c1-2-5-15-13-12(4-3-6-16-13)21(19,20)17-8-10-18-9-7-14-11-18/h3-4,6-7,9,11,17H,2,5,8,10H2,1H3,(H,15,16). The van der Waals surface area contributed by atoms with Crippen molar-refractivity contribution in [1.82, 2.24) is 19.3 Å². The van der Waals surface area contributed by atoms with Gasteiger partial charge in [0.1, 0.15) is 10.7 Å². The van der Waals surface area contributed by atoms with Crippen LogP contribution < -0.4 is 10.0 Å². The second kappa shape index (κ2) is 7.19. The summed E-state index contributed by atoms with van der Waals surface area (Å²) in [6.07, 6.45) is 7.55. The van der Waals surface area contributed by atoms with Crippen molar-refractivity contribution in [1.29, 1.82) is 0 Å². The fourth-order valence-corrected chi connectivity index (χ4v) is 2.94. The lowest BCUT2D eigenvalue weighted by Crippen LogP contribution is -2.28. The average Bonchev–Trinajstić information content (AvgIpc) is 2.98. The van der Waals surface area contributed by atoms with E-state index in [1.807, 2.05) is 11.5 Å². The van der Waals surface area contributed by atoms with Gasteiger partial charge in [-0.05, 0) is 18.6 Å². The van der Waals surface area contributed by atoms with Crippen LogP contribution in [-0.2, 0) is 16.6 Å². The SMILES string of the molecule is CCCNc1ncccc1S(=O)(=O)NCCn1ccnc1. The number of nitrogens with one attached hydrogen (secondary N) is 2. The zero-order valence-corrected chi connectivity index (χ0v) is 12.7. The summed E-state index contributed by atoms with van der Waals surface area (Å²) in [4.78, 5) is 8.17. The second-order valence-corrected chi connectivity index (χ2v) is 6.21. The van der Waals surface area contributed by atoms with Crippen LogP contribution in [0.3, 0.4) is 0 Å². The highest BCUT2D eigenvalue weighted by molar-refractivity contribution is 7.89. The Bertz CT molecular complexity index is 655. The minimum atomic E-state index is -3.58. The fraction of sp³-hybridized carbons (Fsp3) is 0.385. The molecule has 0 aliphatic carbocycles. The summed E-state index contributed by atoms with van der Waals surface area (Å²) in [6, 6.07) is 3.16. The molecule has 0 spiro atoms. The molecule has 8 heteroatoms. The van der Waals surface area contributed by atoms with Crippen molar-refractivity contribution in [2.75, 3.05) is 18.4 Å². The van der Waals surface area contributed by atoms with E-state index in [2.05, 4.69) is 20.0 Å². The first-order valence-corrected chi connectivity index (χ1v) is 8.26. The third kappa shape index (κ3) is 4.27. The first kappa shape index (κ1) is 15.5. The largest absolute Gasteiger partial charge is 0.369 e. The van der Waals surface area contributed by atoms with Gasteiger partial charge in [0.2, 0.25) is 10.0 Å². The summed E-state index contributed by atoms with van der Waals surface area (Å²) >= 11 is 0. The number of aromatic nitrogens is 3. The van der Waals surface area contributed by atoms with Crippen LogP contribution in [0.15, 0.2) is 41.9 Å². The highest BCUT2D eigenvalue weighted by Crippen LogP contribution is 2.17. The van der Waals surface area contributed by atoms with Gasteiger partial charge in [-0.25, -0.2) is 23.1 Å². The number of sulfonamides is 1. The Balaban J connectivity index is 2.04. The van der Waals surface area contributed by atoms with Gasteiger partial charge < -0.3 is 9.88 Å². The van der Waals surface area contributed by atoms with E-state index >= 15 is 0 Å². The molecule has 2 heterocycles. The van der Waals surface area contributed by atoms with E-state index in [-0.39, 0.29) is 4.90 Å². The molecule has 0 saturated carbocycles. The molecule has 0 fully saturated rings. The highest BCUT2D eigenvalue weighted by Gasteiger charge is 2.18. The Labute approximate surface area is 124 Å². The molecule has 0 atom stereocenters. The Morgan fingerprint density at radius 1 is 1.29 bits per heavy atom. The van der Waals surface area contributed by atoms with E-state index in [4.69, 9.17) is 0 Å². The smallest absolute Gasteiger partial charge is 0.244 e. The summed E-state index contributed by atoms with van der Waals surface area (Å²) in [6.45, 7) is 3.50. The van der Waals surface area contributed by atoms with Crippen molar-refractivity contribution in [3.05, 3.63) is 37.1 Å². The van der Waals surface area contributed by atoms with Gasteiger partial charge in [0.15, 0.2) is 0 Å². The minimum Gasteiger partial charge on any atom is -0.369 e. The lowest BCUT2D eigenvalue weighted by Gasteiger charge is -2.11. The quantitative estimate of drug-likeness (QED) is 0.761. The van der Waals surface area contributed by atoms with Crippen LogP contribution in [0.25, 0.3) is 0 Å². The van der Waals surface area contributed by atoms with Crippen molar-refractivity contribution in [3.63, 3.8) is 0 Å². The first-order chi connectivity index (χ1) is 10.1. The van der Waals surface area contributed by atoms with Crippen LogP contribution in [0.2, 0.25) is 0 Å². The number of anilines is 1. The highest BCUT2D eigenvalue weighted by atomic mass is 32.2. The molecule has 2 aromatic heterocycles. The maximum atomic E-state index is 12.3. The van der Waals surface area contributed by atoms with Crippen LogP contribution in [0, 0.1) is 0 Å². The van der Waals surface area contributed by atoms with E-state index < -0.39 is 10.0 Å². The zero-order chi connectivity index (χ0) is 15.1. The molecular formula is C13H19N5O2S. The van der Waals surface area contributed by atoms with Crippen LogP contribution in [0.1, 0.15) is 13.3 Å². The van der Waals surface area contributed by atoms with E-state index in [9.17, 15) is 8.42 Å². The molecule has 2 rings (SSSR count). The Kier molecular flexibility index (Phi) is 5.29. The number of hydrogen-bond acceptors (Lipinski definition) is 5. The molecular weight excluding hydrogens is 290 g/mol. The number of hydrogen-bond donors (Lipinski definition) is 2. The third-order valence-electron chi connectivity index (χ3n) is 2.82. The van der Waals surface area contributed by atoms with Crippen molar-refractivity contribution in [3.8, 4) is 0 Å². The number of rotatable bonds is 8. The molecule has 114 valence electrons. The van der Waals surface area contributed by atoms with E-state index in [0.29, 0.717) is 25.5 Å². The molecule has 0 aliphatic heterocycles. The molecule has 0 aliphatic rings. The van der Waals surface area contributed by atoms with E-state index in [1.54, 1.807) is 37.1 Å². The van der Waals surface area contributed by atoms with Crippen molar-refractivity contribution >= 4 is 15.8 Å². The molecule has 7 nitrogen and oxygen atoms in total. The Hall–Kier alpha value is -1.93. The van der Waals surface area contributed by atoms with Gasteiger partial charge in [-0.2, -0.15) is 0 Å². The Morgan fingerprint density at radius 3 is 2.86 bits per heavy atom. The Morgan fingerprint density at radius 2 is 2.14 bits per heavy atom. The number of pyridine rings is 1. The van der Waals surface area contributed by atoms with Gasteiger partial charge >= 0.3 is 0 Å². The number of nitrogens with zero attached hydrogens (tertiary/aromatic N) is 3. The summed E-state index contributed by atoms with van der Waals surface area (Å²) in [5, 5.41) is 3.03. The predicted octanol–water partition coefficient (Wildman–Crippen LogP) is 1.08. The average molecular weight is 309 g/mol. The second-order valence-electron chi connectivity index (χ2n) is 4.48. The summed E-state index contributed by atoms with van der Waals surface area (Å²) < 4.78 is 29.0. The van der Waals surface area contributed by atoms with Crippen molar-refractivity contribution in [2.45, 2.75) is 24.8 Å². The van der Waals surface area contributed by atoms with Crippen LogP contribution in [-0.4, -0.2) is 36.0 Å². The molecule has 2 aromatic rings. The normalized spacial score (nSPS) is 11.5. The first-order valence-electron chi connectivity index (χ1n) is 6.78. The van der Waals surface area contributed by atoms with E-state index in [0.717, 1.165) is 6.42 Å². The van der Waals surface area contributed by atoms with E-state index in [1.165, 1.54) is 0 Å². The molecule has 0 radical (unpaired) electrons. The summed E-state index contributed by atoms with van der Waals surface area (Å²) in [7, 11) is -3.58. The van der Waals surface area contributed by atoms with Gasteiger partial charge in [-0.1, -0.05) is 6.92 Å². The molecule has 0 saturated heterocycles. The predicted molar refractivity (Wildman–Crippen MR) is 80.4 cm³/mol. The molecule has 0 aromatic carbocycles. The summed E-state index contributed by atoms with van der Waals surface area (Å²) in [5.41, 5.74) is 0. The summed E-state index contributed by atoms with van der Waals surface area (Å²) in [5.74, 6) is 0.384. The van der Waals surface area contributed by atoms with Crippen LogP contribution >= 0.6 is 0 Å². The van der Waals surface area contributed by atoms with Crippen LogP contribution in [0.4, 0.5) is 5.82 Å². The third-order valence-corrected chi connectivity index (χ3v) is 4.32. The molecule has 0 unspecified atom stereocenters. The van der Waals surface area contributed by atoms with Crippen molar-refractivity contribution in [2.24, 2.45) is 0 Å². The van der Waals surface area contributed by atoms with Gasteiger partial charge in [-0.15, -0.1) is 0 Å². The molecule has 0 amide bonds. The topological polar surface area (TPSA) is 88.9 Å². The van der Waals surface area contributed by atoms with Crippen LogP contribution in [0.5, 0.6) is 0 Å². The van der Waals surface area contributed by atoms with Gasteiger partial charge in [0, 0.05) is 38.2 Å². The lowest BCUT2D eigenvalue weighted by atomic mass is 10.4. The lowest BCUT2D eigenvalue weighted by molar-refractivity contribution is 0.572. The fourth-order valence-electron chi connectivity index (χ4n) is 1.79. The maximum absolute atomic E-state index is 12.3. The maximum Gasteiger partial charge on any atom is 0.244 e. The minimum absolute atomic E-state index is 0.170. The monoisotopic (exact) mass is 309 g/mol.